The van der Waals surface area contributed by atoms with Gasteiger partial charge in [0.25, 0.3) is 0 Å². The van der Waals surface area contributed by atoms with E-state index in [9.17, 15) is 0 Å². The molecule has 6 nitrogen and oxygen atoms in total. The van der Waals surface area contributed by atoms with E-state index in [0.29, 0.717) is 0 Å². The Balaban J connectivity index is -0.0000000457. The third-order valence-corrected chi connectivity index (χ3v) is 0. The van der Waals surface area contributed by atoms with Crippen LogP contribution in [-0.4, -0.2) is 94.4 Å². The van der Waals surface area contributed by atoms with Gasteiger partial charge in [-0.1, -0.05) is 22.5 Å². The second-order valence-corrected chi connectivity index (χ2v) is 5.07. The minimum atomic E-state index is -4.67. The van der Waals surface area contributed by atoms with Gasteiger partial charge in [0.2, 0.25) is 0 Å². The van der Waals surface area contributed by atoms with Gasteiger partial charge in [0.05, 0.1) is 0 Å². The van der Waals surface area contributed by atoms with E-state index in [1.165, 1.54) is 0 Å². The number of hydrogen-bond donors (Lipinski definition) is 0. The largest absolute Gasteiger partial charge is 2.00 e. The molecule has 0 rings (SSSR count). The number of hydrogen-bond acceptors (Lipinski definition) is 6. The van der Waals surface area contributed by atoms with Gasteiger partial charge >= 0.3 is 94.4 Å². The van der Waals surface area contributed by atoms with E-state index >= 15 is 0 Å². The molecule has 0 unspecified atom stereocenters. The van der Waals surface area contributed by atoms with Crippen LogP contribution >= 0.6 is 36.4 Å². The zero-order valence-corrected chi connectivity index (χ0v) is 16.7. The SMILES string of the molecule is O=P([O-])([O-])Cl.O=P([O-])([O-])Cl.[Ba+2].[Sr+2]. The zero-order chi connectivity index (χ0) is 9.00. The van der Waals surface area contributed by atoms with Crippen molar-refractivity contribution < 1.29 is 28.7 Å². The Bertz CT molecular complexity index is 136. The normalized spacial score (nSPS) is 9.83. The molecule has 0 aliphatic carbocycles. The molecule has 12 heavy (non-hydrogen) atoms. The van der Waals surface area contributed by atoms with Gasteiger partial charge in [-0.2, -0.15) is 0 Å². The van der Waals surface area contributed by atoms with Crippen LogP contribution in [-0.2, 0) is 9.13 Å². The third kappa shape index (κ3) is 151. The summed E-state index contributed by atoms with van der Waals surface area (Å²) in [5.74, 6) is 0. The smallest absolute Gasteiger partial charge is 0.799 e. The van der Waals surface area contributed by atoms with Crippen LogP contribution in [0.15, 0.2) is 0 Å². The molecule has 0 heterocycles. The molecule has 64 valence electrons. The minimum Gasteiger partial charge on any atom is -0.799 e. The fourth-order valence-electron chi connectivity index (χ4n) is 0. The zero-order valence-electron chi connectivity index (χ0n) is 5.51. The summed E-state index contributed by atoms with van der Waals surface area (Å²) in [5, 5.41) is 0. The van der Waals surface area contributed by atoms with Gasteiger partial charge in [-0.3, -0.25) is 0 Å². The predicted molar refractivity (Wildman–Crippen MR) is 38.4 cm³/mol. The molecular weight excluding hydrogens is 454 g/mol. The molecule has 0 aliphatic rings. The molecule has 0 aromatic rings. The summed E-state index contributed by atoms with van der Waals surface area (Å²) in [6.07, 6.45) is 0. The van der Waals surface area contributed by atoms with Gasteiger partial charge < -0.3 is 28.7 Å². The second-order valence-electron chi connectivity index (χ2n) is 0.861. The van der Waals surface area contributed by atoms with E-state index in [1.807, 2.05) is 0 Å². The first-order valence-electron chi connectivity index (χ1n) is 1.43. The number of halogens is 2. The van der Waals surface area contributed by atoms with Crippen molar-refractivity contribution in [3.63, 3.8) is 0 Å². The van der Waals surface area contributed by atoms with Crippen molar-refractivity contribution in [2.45, 2.75) is 0 Å². The van der Waals surface area contributed by atoms with E-state index in [2.05, 4.69) is 22.5 Å². The van der Waals surface area contributed by atoms with Crippen LogP contribution in [0.3, 0.4) is 0 Å². The predicted octanol–water partition coefficient (Wildman–Crippen LogP) is -2.65. The molecule has 0 spiro atoms. The molecule has 0 N–H and O–H groups in total. The van der Waals surface area contributed by atoms with Crippen molar-refractivity contribution in [1.29, 1.82) is 0 Å². The Kier molecular flexibility index (Phi) is 23.7. The van der Waals surface area contributed by atoms with Crippen molar-refractivity contribution in [2.24, 2.45) is 0 Å². The molecule has 0 aliphatic heterocycles. The minimum absolute atomic E-state index is 0. The van der Waals surface area contributed by atoms with E-state index in [0.717, 1.165) is 0 Å². The first kappa shape index (κ1) is 25.0. The van der Waals surface area contributed by atoms with Gasteiger partial charge in [-0.25, -0.2) is 0 Å². The molecule has 0 aromatic carbocycles. The van der Waals surface area contributed by atoms with Crippen molar-refractivity contribution in [1.82, 2.24) is 0 Å². The Morgan fingerprint density at radius 3 is 0.833 bits per heavy atom. The fourth-order valence-corrected chi connectivity index (χ4v) is 0. The molecule has 0 aromatic heterocycles. The summed E-state index contributed by atoms with van der Waals surface area (Å²) < 4.78 is 17.7. The standard InChI is InChI=1S/Ba.2ClH2O3P.Sr/c;2*1-5(2,3)4;/h;2*(H2,2,3,4);/q+2;;;+2/p-4. The van der Waals surface area contributed by atoms with E-state index in [4.69, 9.17) is 28.7 Å². The second kappa shape index (κ2) is 11.4. The summed E-state index contributed by atoms with van der Waals surface area (Å²) in [5.41, 5.74) is 0. The average molecular weight is 454 g/mol. The van der Waals surface area contributed by atoms with Crippen molar-refractivity contribution >= 4 is 131 Å². The van der Waals surface area contributed by atoms with Crippen LogP contribution in [0.2, 0.25) is 0 Å². The summed E-state index contributed by atoms with van der Waals surface area (Å²) >= 11 is 7.95. The molecule has 0 saturated heterocycles. The van der Waals surface area contributed by atoms with Crippen LogP contribution in [0.5, 0.6) is 0 Å². The first-order chi connectivity index (χ1) is 4.00. The monoisotopic (exact) mass is 454 g/mol. The van der Waals surface area contributed by atoms with Crippen molar-refractivity contribution in [3.05, 3.63) is 0 Å². The van der Waals surface area contributed by atoms with Crippen molar-refractivity contribution in [2.75, 3.05) is 0 Å². The maximum Gasteiger partial charge on any atom is 2.00 e. The van der Waals surface area contributed by atoms with Crippen LogP contribution < -0.4 is 19.6 Å². The third-order valence-electron chi connectivity index (χ3n) is 0. The Hall–Kier alpha value is 3.93. The first-order valence-corrected chi connectivity index (χ1v) is 6.33. The number of rotatable bonds is 0. The van der Waals surface area contributed by atoms with Gasteiger partial charge in [0.1, 0.15) is 0 Å². The van der Waals surface area contributed by atoms with Crippen LogP contribution in [0.4, 0.5) is 0 Å². The fraction of sp³-hybridized carbons (Fsp3) is 0. The Morgan fingerprint density at radius 1 is 0.833 bits per heavy atom. The molecule has 0 bridgehead atoms. The quantitative estimate of drug-likeness (QED) is 0.291. The Labute approximate surface area is 156 Å². The summed E-state index contributed by atoms with van der Waals surface area (Å²) in [4.78, 5) is 35.5. The van der Waals surface area contributed by atoms with Crippen LogP contribution in [0, 0.1) is 0 Å². The van der Waals surface area contributed by atoms with Gasteiger partial charge in [0.15, 0.2) is 0 Å². The van der Waals surface area contributed by atoms with Gasteiger partial charge in [0, 0.05) is 13.9 Å². The molecule has 12 heteroatoms. The molecular formula is BaCl2O6P2Sr. The van der Waals surface area contributed by atoms with E-state index < -0.39 is 13.9 Å². The van der Waals surface area contributed by atoms with Crippen molar-refractivity contribution in [3.8, 4) is 0 Å². The van der Waals surface area contributed by atoms with E-state index in [-0.39, 0.29) is 94.4 Å². The molecule has 0 fully saturated rings. The van der Waals surface area contributed by atoms with Crippen LogP contribution in [0.1, 0.15) is 0 Å². The summed E-state index contributed by atoms with van der Waals surface area (Å²) in [6.45, 7) is -9.33. The summed E-state index contributed by atoms with van der Waals surface area (Å²) in [6, 6.07) is 0. The maximum absolute atomic E-state index is 8.87. The molecule has 0 radical (unpaired) electrons. The van der Waals surface area contributed by atoms with Crippen LogP contribution in [0.25, 0.3) is 0 Å². The van der Waals surface area contributed by atoms with E-state index in [1.54, 1.807) is 0 Å². The molecule has 0 saturated carbocycles. The summed E-state index contributed by atoms with van der Waals surface area (Å²) in [7, 11) is 0. The Morgan fingerprint density at radius 2 is 0.833 bits per heavy atom. The van der Waals surface area contributed by atoms with Gasteiger partial charge in [-0.15, -0.1) is 0 Å². The topological polar surface area (TPSA) is 126 Å². The molecule has 0 atom stereocenters. The van der Waals surface area contributed by atoms with Gasteiger partial charge in [-0.05, 0) is 0 Å². The average Bonchev–Trinajstić information content (AvgIpc) is 1.12. The maximum atomic E-state index is 8.87. The molecule has 0 amide bonds.